The number of aromatic nitrogens is 1. The van der Waals surface area contributed by atoms with Crippen LogP contribution in [0.5, 0.6) is 0 Å². The van der Waals surface area contributed by atoms with Gasteiger partial charge in [-0.1, -0.05) is 5.16 Å². The lowest BCUT2D eigenvalue weighted by molar-refractivity contribution is -0.138. The molecule has 2 rings (SSSR count). The van der Waals surface area contributed by atoms with Gasteiger partial charge in [-0.2, -0.15) is 0 Å². The molecule has 1 aliphatic rings. The zero-order valence-electron chi connectivity index (χ0n) is 11.1. The molecule has 19 heavy (non-hydrogen) atoms. The molecule has 0 aromatic carbocycles. The Bertz CT molecular complexity index is 479. The fraction of sp³-hybridized carbons (Fsp3) is 0.615. The lowest BCUT2D eigenvalue weighted by atomic mass is 10.2. The van der Waals surface area contributed by atoms with Gasteiger partial charge in [0.15, 0.2) is 5.69 Å². The van der Waals surface area contributed by atoms with Crippen molar-refractivity contribution in [1.29, 1.82) is 0 Å². The topological polar surface area (TPSA) is 83.6 Å². The van der Waals surface area contributed by atoms with Crippen LogP contribution in [0.3, 0.4) is 0 Å². The number of carbonyl (C=O) groups is 2. The van der Waals surface area contributed by atoms with Gasteiger partial charge in [0.2, 0.25) is 0 Å². The van der Waals surface area contributed by atoms with Crippen molar-refractivity contribution < 1.29 is 19.2 Å². The average molecular weight is 266 g/mol. The smallest absolute Gasteiger partial charge is 0.305 e. The second-order valence-corrected chi connectivity index (χ2v) is 4.93. The van der Waals surface area contributed by atoms with Crippen LogP contribution in [-0.4, -0.2) is 39.6 Å². The van der Waals surface area contributed by atoms with Gasteiger partial charge >= 0.3 is 5.97 Å². The van der Waals surface area contributed by atoms with E-state index in [4.69, 9.17) is 9.63 Å². The summed E-state index contributed by atoms with van der Waals surface area (Å²) < 4.78 is 5.15. The van der Waals surface area contributed by atoms with Crippen molar-refractivity contribution in [2.24, 2.45) is 0 Å². The van der Waals surface area contributed by atoms with Gasteiger partial charge in [-0.15, -0.1) is 0 Å². The van der Waals surface area contributed by atoms with Gasteiger partial charge in [-0.3, -0.25) is 9.59 Å². The molecular formula is C13H18N2O4. The van der Waals surface area contributed by atoms with Crippen LogP contribution in [0.15, 0.2) is 10.6 Å². The maximum absolute atomic E-state index is 12.3. The zero-order chi connectivity index (χ0) is 14.0. The summed E-state index contributed by atoms with van der Waals surface area (Å²) in [4.78, 5) is 24.5. The number of carboxylic acid groups (broad SMARTS) is 1. The fourth-order valence-corrected chi connectivity index (χ4v) is 2.12. The molecule has 1 atom stereocenters. The van der Waals surface area contributed by atoms with Gasteiger partial charge in [0.1, 0.15) is 5.76 Å². The summed E-state index contributed by atoms with van der Waals surface area (Å²) in [6, 6.07) is 1.31. The third-order valence-electron chi connectivity index (χ3n) is 3.33. The predicted octanol–water partition coefficient (Wildman–Crippen LogP) is 1.88. The summed E-state index contributed by atoms with van der Waals surface area (Å²) in [7, 11) is 0. The van der Waals surface area contributed by atoms with E-state index in [0.29, 0.717) is 12.5 Å². The van der Waals surface area contributed by atoms with Crippen LogP contribution in [0.25, 0.3) is 0 Å². The first-order valence-electron chi connectivity index (χ1n) is 6.52. The molecule has 1 unspecified atom stereocenters. The van der Waals surface area contributed by atoms with Crippen molar-refractivity contribution in [3.05, 3.63) is 17.5 Å². The largest absolute Gasteiger partial charge is 0.481 e. The van der Waals surface area contributed by atoms with Crippen LogP contribution in [0, 0.1) is 0 Å². The van der Waals surface area contributed by atoms with E-state index in [0.717, 1.165) is 18.6 Å². The summed E-state index contributed by atoms with van der Waals surface area (Å²) in [6.45, 7) is 3.98. The Morgan fingerprint density at radius 3 is 2.79 bits per heavy atom. The highest BCUT2D eigenvalue weighted by Gasteiger charge is 2.30. The maximum Gasteiger partial charge on any atom is 0.305 e. The number of rotatable bonds is 6. The number of carboxylic acids is 1. The van der Waals surface area contributed by atoms with E-state index in [9.17, 15) is 9.59 Å². The van der Waals surface area contributed by atoms with Crippen molar-refractivity contribution >= 4 is 11.9 Å². The first kappa shape index (κ1) is 13.6. The number of nitrogens with zero attached hydrogens (tertiary/aromatic N) is 2. The third-order valence-corrected chi connectivity index (χ3v) is 3.33. The number of hydrogen-bond acceptors (Lipinski definition) is 4. The lowest BCUT2D eigenvalue weighted by Crippen LogP contribution is -2.39. The first-order chi connectivity index (χ1) is 9.02. The quantitative estimate of drug-likeness (QED) is 0.849. The minimum absolute atomic E-state index is 0.0765. The highest BCUT2D eigenvalue weighted by atomic mass is 16.5. The molecule has 1 aromatic rings. The molecule has 1 fully saturated rings. The zero-order valence-corrected chi connectivity index (χ0v) is 11.1. The molecule has 1 aromatic heterocycles. The summed E-state index contributed by atoms with van der Waals surface area (Å²) in [5.74, 6) is -0.0321. The molecule has 0 spiro atoms. The minimum atomic E-state index is -0.919. The number of aliphatic carboxylic acids is 1. The average Bonchev–Trinajstić information content (AvgIpc) is 3.07. The molecule has 104 valence electrons. The van der Waals surface area contributed by atoms with Gasteiger partial charge in [-0.05, 0) is 26.7 Å². The van der Waals surface area contributed by atoms with Crippen LogP contribution in [-0.2, 0) is 4.79 Å². The monoisotopic (exact) mass is 266 g/mol. The summed E-state index contributed by atoms with van der Waals surface area (Å²) in [6.07, 6.45) is 2.08. The number of hydrogen-bond donors (Lipinski definition) is 1. The summed E-state index contributed by atoms with van der Waals surface area (Å²) >= 11 is 0. The standard InChI is InChI=1S/C13H18N2O4/c1-3-15(8(2)6-12(16)17)13(18)10-7-11(19-14-10)9-4-5-9/h7-9H,3-6H2,1-2H3,(H,16,17). The second-order valence-electron chi connectivity index (χ2n) is 4.93. The molecule has 6 nitrogen and oxygen atoms in total. The molecule has 6 heteroatoms. The molecule has 1 amide bonds. The number of carbonyl (C=O) groups excluding carboxylic acids is 1. The van der Waals surface area contributed by atoms with Gasteiger partial charge in [0.05, 0.1) is 6.42 Å². The Kier molecular flexibility index (Phi) is 3.87. The van der Waals surface area contributed by atoms with Crippen molar-refractivity contribution in [2.45, 2.75) is 45.1 Å². The second kappa shape index (κ2) is 5.42. The van der Waals surface area contributed by atoms with Crippen molar-refractivity contribution in [2.75, 3.05) is 6.54 Å². The fourth-order valence-electron chi connectivity index (χ4n) is 2.12. The third kappa shape index (κ3) is 3.13. The van der Waals surface area contributed by atoms with Gasteiger partial charge < -0.3 is 14.5 Å². The van der Waals surface area contributed by atoms with Gasteiger partial charge in [-0.25, -0.2) is 0 Å². The van der Waals surface area contributed by atoms with Crippen molar-refractivity contribution in [1.82, 2.24) is 10.1 Å². The van der Waals surface area contributed by atoms with Gasteiger partial charge in [0.25, 0.3) is 5.91 Å². The predicted molar refractivity (Wildman–Crippen MR) is 66.9 cm³/mol. The number of amides is 1. The first-order valence-corrected chi connectivity index (χ1v) is 6.52. The normalized spacial score (nSPS) is 16.1. The Morgan fingerprint density at radius 2 is 2.26 bits per heavy atom. The molecule has 1 heterocycles. The van der Waals surface area contributed by atoms with E-state index < -0.39 is 5.97 Å². The summed E-state index contributed by atoms with van der Waals surface area (Å²) in [5, 5.41) is 12.6. The van der Waals surface area contributed by atoms with Crippen LogP contribution >= 0.6 is 0 Å². The van der Waals surface area contributed by atoms with Gasteiger partial charge in [0, 0.05) is 24.6 Å². The molecule has 0 radical (unpaired) electrons. The Labute approximate surface area is 111 Å². The Hall–Kier alpha value is -1.85. The Balaban J connectivity index is 2.07. The van der Waals surface area contributed by atoms with E-state index in [1.807, 2.05) is 6.92 Å². The molecule has 1 N–H and O–H groups in total. The van der Waals surface area contributed by atoms with E-state index in [-0.39, 0.29) is 24.1 Å². The highest BCUT2D eigenvalue weighted by molar-refractivity contribution is 5.92. The molecular weight excluding hydrogens is 248 g/mol. The molecule has 0 aliphatic heterocycles. The van der Waals surface area contributed by atoms with Crippen LogP contribution in [0.1, 0.15) is 55.3 Å². The molecule has 1 aliphatic carbocycles. The Morgan fingerprint density at radius 1 is 1.58 bits per heavy atom. The molecule has 0 saturated heterocycles. The lowest BCUT2D eigenvalue weighted by Gasteiger charge is -2.25. The van der Waals surface area contributed by atoms with E-state index in [1.165, 1.54) is 4.90 Å². The SMILES string of the molecule is CCN(C(=O)c1cc(C2CC2)on1)C(C)CC(=O)O. The molecule has 0 bridgehead atoms. The van der Waals surface area contributed by atoms with E-state index in [2.05, 4.69) is 5.16 Å². The van der Waals surface area contributed by atoms with Crippen LogP contribution in [0.2, 0.25) is 0 Å². The van der Waals surface area contributed by atoms with Crippen molar-refractivity contribution in [3.63, 3.8) is 0 Å². The minimum Gasteiger partial charge on any atom is -0.481 e. The van der Waals surface area contributed by atoms with E-state index in [1.54, 1.807) is 13.0 Å². The van der Waals surface area contributed by atoms with Crippen molar-refractivity contribution in [3.8, 4) is 0 Å². The van der Waals surface area contributed by atoms with E-state index >= 15 is 0 Å². The summed E-state index contributed by atoms with van der Waals surface area (Å²) in [5.41, 5.74) is 0.265. The molecule has 1 saturated carbocycles. The van der Waals surface area contributed by atoms with Crippen LogP contribution in [0.4, 0.5) is 0 Å². The highest BCUT2D eigenvalue weighted by Crippen LogP contribution is 2.40. The maximum atomic E-state index is 12.3. The van der Waals surface area contributed by atoms with Crippen LogP contribution < -0.4 is 0 Å².